The molecule has 0 spiro atoms. The van der Waals surface area contributed by atoms with Crippen LogP contribution in [0.15, 0.2) is 17.3 Å². The van der Waals surface area contributed by atoms with Crippen molar-refractivity contribution in [2.45, 2.75) is 26.2 Å². The first kappa shape index (κ1) is 10.5. The molecular weight excluding hydrogens is 232 g/mol. The Balaban J connectivity index is 2.25. The van der Waals surface area contributed by atoms with E-state index in [1.54, 1.807) is 4.14 Å². The van der Waals surface area contributed by atoms with Gasteiger partial charge in [-0.3, -0.25) is 15.8 Å². The first-order chi connectivity index (χ1) is 6.33. The van der Waals surface area contributed by atoms with E-state index in [-0.39, 0.29) is 0 Å². The number of aliphatic imine (C=N–C) groups is 1. The molecule has 0 aliphatic carbocycles. The molecule has 1 rings (SSSR count). The van der Waals surface area contributed by atoms with E-state index in [1.165, 1.54) is 12.8 Å². The number of hydrazine groups is 2. The third-order valence-corrected chi connectivity index (χ3v) is 2.07. The molecule has 0 aromatic heterocycles. The Labute approximate surface area is 87.4 Å². The Morgan fingerprint density at radius 3 is 3.08 bits per heavy atom. The maximum atomic E-state index is 4.38. The molecule has 4 nitrogen and oxygen atoms in total. The molecule has 0 radical (unpaired) electrons. The van der Waals surface area contributed by atoms with Crippen molar-refractivity contribution in [3.8, 4) is 0 Å². The van der Waals surface area contributed by atoms with E-state index in [0.29, 0.717) is 0 Å². The minimum Gasteiger partial charge on any atom is -0.298 e. The van der Waals surface area contributed by atoms with Crippen LogP contribution in [0, 0.1) is 0 Å². The van der Waals surface area contributed by atoms with Crippen LogP contribution >= 0.6 is 16.1 Å². The molecule has 74 valence electrons. The second-order valence-corrected chi connectivity index (χ2v) is 3.54. The number of nitrogens with one attached hydrogen (secondary N) is 2. The molecule has 1 aliphatic rings. The van der Waals surface area contributed by atoms with Crippen LogP contribution in [0.4, 0.5) is 0 Å². The van der Waals surface area contributed by atoms with E-state index in [4.69, 9.17) is 0 Å². The average Bonchev–Trinajstić information content (AvgIpc) is 2.13. The molecule has 5 heteroatoms. The first-order valence-corrected chi connectivity index (χ1v) is 5.23. The standard InChI is InChI=1S/C8H15BrN4/c1-2-3-4-6-10-8-5-7-11-13(9)12-8/h5,7,11H,2-4,6H2,1H3,(H,10,12). The number of hydrogen-bond donors (Lipinski definition) is 2. The zero-order valence-corrected chi connectivity index (χ0v) is 9.34. The van der Waals surface area contributed by atoms with Gasteiger partial charge < -0.3 is 0 Å². The minimum atomic E-state index is 0.881. The van der Waals surface area contributed by atoms with Gasteiger partial charge in [-0.2, -0.15) is 0 Å². The van der Waals surface area contributed by atoms with Crippen molar-refractivity contribution in [1.29, 1.82) is 0 Å². The van der Waals surface area contributed by atoms with E-state index in [0.717, 1.165) is 18.8 Å². The minimum absolute atomic E-state index is 0.881. The highest BCUT2D eigenvalue weighted by Gasteiger charge is 2.03. The summed E-state index contributed by atoms with van der Waals surface area (Å²) in [4.78, 5) is 4.38. The predicted octanol–water partition coefficient (Wildman–Crippen LogP) is 1.72. The van der Waals surface area contributed by atoms with Crippen molar-refractivity contribution >= 4 is 22.0 Å². The summed E-state index contributed by atoms with van der Waals surface area (Å²) in [6, 6.07) is 0. The SMILES string of the molecule is CCCCCN=C1C=CNN(Br)N1. The predicted molar refractivity (Wildman–Crippen MR) is 58.0 cm³/mol. The second-order valence-electron chi connectivity index (χ2n) is 2.83. The lowest BCUT2D eigenvalue weighted by atomic mass is 10.2. The number of unbranched alkanes of at least 4 members (excludes halogenated alkanes) is 2. The topological polar surface area (TPSA) is 39.7 Å². The molecule has 0 amide bonds. The van der Waals surface area contributed by atoms with Crippen LogP contribution in [0.25, 0.3) is 0 Å². The summed E-state index contributed by atoms with van der Waals surface area (Å²) in [5.74, 6) is 0.881. The van der Waals surface area contributed by atoms with Crippen LogP contribution in [-0.2, 0) is 0 Å². The molecular formula is C8H15BrN4. The fourth-order valence-corrected chi connectivity index (χ4v) is 1.30. The van der Waals surface area contributed by atoms with E-state index >= 15 is 0 Å². The lowest BCUT2D eigenvalue weighted by Gasteiger charge is -2.20. The van der Waals surface area contributed by atoms with Gasteiger partial charge in [-0.15, -0.1) is 0 Å². The molecule has 0 aromatic carbocycles. The molecule has 1 aliphatic heterocycles. The Hall–Kier alpha value is -0.550. The molecule has 1 heterocycles. The maximum Gasteiger partial charge on any atom is 0.139 e. The lowest BCUT2D eigenvalue weighted by Crippen LogP contribution is -2.44. The van der Waals surface area contributed by atoms with E-state index in [1.807, 2.05) is 12.3 Å². The van der Waals surface area contributed by atoms with Crippen LogP contribution in [-0.4, -0.2) is 16.5 Å². The van der Waals surface area contributed by atoms with Crippen molar-refractivity contribution in [3.05, 3.63) is 12.3 Å². The maximum absolute atomic E-state index is 4.38. The van der Waals surface area contributed by atoms with Gasteiger partial charge >= 0.3 is 0 Å². The van der Waals surface area contributed by atoms with Gasteiger partial charge in [0.2, 0.25) is 0 Å². The quantitative estimate of drug-likeness (QED) is 0.587. The Kier molecular flexibility index (Phi) is 4.85. The van der Waals surface area contributed by atoms with Gasteiger partial charge in [-0.05, 0) is 12.5 Å². The van der Waals surface area contributed by atoms with Crippen LogP contribution in [0.5, 0.6) is 0 Å². The van der Waals surface area contributed by atoms with Crippen LogP contribution in [0.2, 0.25) is 0 Å². The number of nitrogens with zero attached hydrogens (tertiary/aromatic N) is 2. The van der Waals surface area contributed by atoms with Crippen molar-refractivity contribution in [3.63, 3.8) is 0 Å². The number of rotatable bonds is 4. The summed E-state index contributed by atoms with van der Waals surface area (Å²) in [6.07, 6.45) is 7.37. The van der Waals surface area contributed by atoms with Crippen molar-refractivity contribution in [1.82, 2.24) is 15.0 Å². The van der Waals surface area contributed by atoms with E-state index in [9.17, 15) is 0 Å². The van der Waals surface area contributed by atoms with Crippen LogP contribution < -0.4 is 10.9 Å². The number of amidine groups is 1. The van der Waals surface area contributed by atoms with Gasteiger partial charge in [0.25, 0.3) is 0 Å². The Bertz CT molecular complexity index is 202. The largest absolute Gasteiger partial charge is 0.298 e. The lowest BCUT2D eigenvalue weighted by molar-refractivity contribution is 0.375. The van der Waals surface area contributed by atoms with Gasteiger partial charge in [0.05, 0.1) is 16.1 Å². The van der Waals surface area contributed by atoms with Gasteiger partial charge in [-0.1, -0.05) is 23.9 Å². The molecule has 2 N–H and O–H groups in total. The van der Waals surface area contributed by atoms with E-state index in [2.05, 4.69) is 38.9 Å². The van der Waals surface area contributed by atoms with Crippen LogP contribution in [0.3, 0.4) is 0 Å². The summed E-state index contributed by atoms with van der Waals surface area (Å²) in [6.45, 7) is 3.08. The zero-order valence-electron chi connectivity index (χ0n) is 7.76. The third-order valence-electron chi connectivity index (χ3n) is 1.69. The zero-order chi connectivity index (χ0) is 9.52. The third kappa shape index (κ3) is 4.28. The van der Waals surface area contributed by atoms with Crippen molar-refractivity contribution < 1.29 is 0 Å². The molecule has 13 heavy (non-hydrogen) atoms. The summed E-state index contributed by atoms with van der Waals surface area (Å²) in [5, 5.41) is 0. The van der Waals surface area contributed by atoms with Gasteiger partial charge in [0.15, 0.2) is 0 Å². The highest BCUT2D eigenvalue weighted by atomic mass is 79.9. The first-order valence-electron chi connectivity index (χ1n) is 4.52. The Morgan fingerprint density at radius 2 is 2.38 bits per heavy atom. The van der Waals surface area contributed by atoms with Gasteiger partial charge in [0.1, 0.15) is 5.84 Å². The molecule has 0 unspecified atom stereocenters. The van der Waals surface area contributed by atoms with E-state index < -0.39 is 0 Å². The molecule has 0 bridgehead atoms. The molecule has 0 aromatic rings. The summed E-state index contributed by atoms with van der Waals surface area (Å²) in [7, 11) is 0. The molecule has 0 fully saturated rings. The number of halogens is 1. The van der Waals surface area contributed by atoms with Gasteiger partial charge in [0, 0.05) is 12.7 Å². The molecule has 0 saturated heterocycles. The molecule has 0 atom stereocenters. The molecule has 0 saturated carbocycles. The fraction of sp³-hybridized carbons (Fsp3) is 0.625. The summed E-state index contributed by atoms with van der Waals surface area (Å²) >= 11 is 3.23. The summed E-state index contributed by atoms with van der Waals surface area (Å²) in [5.41, 5.74) is 5.89. The van der Waals surface area contributed by atoms with Crippen LogP contribution in [0.1, 0.15) is 26.2 Å². The van der Waals surface area contributed by atoms with Crippen molar-refractivity contribution in [2.24, 2.45) is 4.99 Å². The smallest absolute Gasteiger partial charge is 0.139 e. The average molecular weight is 247 g/mol. The highest BCUT2D eigenvalue weighted by molar-refractivity contribution is 9.07. The Morgan fingerprint density at radius 1 is 1.54 bits per heavy atom. The van der Waals surface area contributed by atoms with Crippen molar-refractivity contribution in [2.75, 3.05) is 6.54 Å². The number of hydrogen-bond acceptors (Lipinski definition) is 3. The van der Waals surface area contributed by atoms with Gasteiger partial charge in [-0.25, -0.2) is 0 Å². The highest BCUT2D eigenvalue weighted by Crippen LogP contribution is 1.97. The monoisotopic (exact) mass is 246 g/mol. The summed E-state index contributed by atoms with van der Waals surface area (Å²) < 4.78 is 1.59. The normalized spacial score (nSPS) is 20.0. The second kappa shape index (κ2) is 5.99. The fourth-order valence-electron chi connectivity index (χ4n) is 1.00.